The van der Waals surface area contributed by atoms with E-state index >= 15 is 0 Å². The van der Waals surface area contributed by atoms with Gasteiger partial charge in [-0.1, -0.05) is 30.6 Å². The number of methoxy groups -OCH3 is 1. The van der Waals surface area contributed by atoms with Crippen molar-refractivity contribution >= 4 is 23.5 Å². The third-order valence-electron chi connectivity index (χ3n) is 3.99. The van der Waals surface area contributed by atoms with Gasteiger partial charge in [0.15, 0.2) is 11.5 Å². The molecule has 0 saturated heterocycles. The zero-order valence-corrected chi connectivity index (χ0v) is 16.7. The number of rotatable bonds is 7. The fourth-order valence-corrected chi connectivity index (χ4v) is 2.58. The number of hydrogen-bond donors (Lipinski definition) is 1. The molecule has 0 spiro atoms. The van der Waals surface area contributed by atoms with Crippen LogP contribution in [0.15, 0.2) is 22.7 Å². The summed E-state index contributed by atoms with van der Waals surface area (Å²) in [5.41, 5.74) is 1.88. The number of benzene rings is 1. The second-order valence-electron chi connectivity index (χ2n) is 6.56. The van der Waals surface area contributed by atoms with Gasteiger partial charge in [-0.15, -0.1) is 0 Å². The quantitative estimate of drug-likeness (QED) is 0.723. The first-order valence-electron chi connectivity index (χ1n) is 8.46. The van der Waals surface area contributed by atoms with Crippen LogP contribution in [0.3, 0.4) is 0 Å². The number of esters is 1. The summed E-state index contributed by atoms with van der Waals surface area (Å²) < 4.78 is 15.5. The van der Waals surface area contributed by atoms with E-state index in [4.69, 9.17) is 25.6 Å². The van der Waals surface area contributed by atoms with Gasteiger partial charge >= 0.3 is 5.97 Å². The molecule has 1 atom stereocenters. The Bertz CT molecular complexity index is 808. The van der Waals surface area contributed by atoms with Gasteiger partial charge in [0.1, 0.15) is 18.4 Å². The Morgan fingerprint density at radius 3 is 2.41 bits per heavy atom. The number of aryl methyl sites for hydroxylation is 2. The van der Waals surface area contributed by atoms with Crippen LogP contribution in [0.5, 0.6) is 5.75 Å². The van der Waals surface area contributed by atoms with E-state index in [1.165, 1.54) is 13.2 Å². The van der Waals surface area contributed by atoms with E-state index in [0.717, 1.165) is 11.1 Å². The maximum absolute atomic E-state index is 12.3. The van der Waals surface area contributed by atoms with E-state index in [2.05, 4.69) is 10.5 Å². The van der Waals surface area contributed by atoms with Crippen molar-refractivity contribution in [1.29, 1.82) is 0 Å². The molecule has 1 aromatic carbocycles. The van der Waals surface area contributed by atoms with Gasteiger partial charge in [0.25, 0.3) is 5.91 Å². The molecule has 0 fully saturated rings. The SMILES string of the molecule is COC(=O)C(NC(=O)c1cc(COc2cc(C)c(Cl)c(C)c2)on1)C(C)C. The topological polar surface area (TPSA) is 90.7 Å². The second-order valence-corrected chi connectivity index (χ2v) is 6.93. The fourth-order valence-electron chi connectivity index (χ4n) is 2.47. The first kappa shape index (κ1) is 20.8. The molecule has 1 aromatic heterocycles. The highest BCUT2D eigenvalue weighted by Crippen LogP contribution is 2.26. The second kappa shape index (κ2) is 8.90. The number of hydrogen-bond acceptors (Lipinski definition) is 6. The molecule has 0 radical (unpaired) electrons. The van der Waals surface area contributed by atoms with Crippen molar-refractivity contribution in [2.24, 2.45) is 5.92 Å². The monoisotopic (exact) mass is 394 g/mol. The first-order valence-corrected chi connectivity index (χ1v) is 8.84. The van der Waals surface area contributed by atoms with Gasteiger partial charge in [0, 0.05) is 11.1 Å². The van der Waals surface area contributed by atoms with Crippen LogP contribution in [-0.4, -0.2) is 30.2 Å². The van der Waals surface area contributed by atoms with E-state index in [9.17, 15) is 9.59 Å². The molecule has 1 unspecified atom stereocenters. The highest BCUT2D eigenvalue weighted by atomic mass is 35.5. The number of amides is 1. The zero-order valence-electron chi connectivity index (χ0n) is 16.0. The molecule has 1 N–H and O–H groups in total. The predicted octanol–water partition coefficient (Wildman–Crippen LogP) is 3.45. The smallest absolute Gasteiger partial charge is 0.328 e. The van der Waals surface area contributed by atoms with Gasteiger partial charge in [0.05, 0.1) is 7.11 Å². The van der Waals surface area contributed by atoms with Crippen LogP contribution in [0, 0.1) is 19.8 Å². The Morgan fingerprint density at radius 1 is 1.22 bits per heavy atom. The Hall–Kier alpha value is -2.54. The predicted molar refractivity (Wildman–Crippen MR) is 99.9 cm³/mol. The molecular formula is C19H23ClN2O5. The Balaban J connectivity index is 2.01. The van der Waals surface area contributed by atoms with Crippen LogP contribution >= 0.6 is 11.6 Å². The lowest BCUT2D eigenvalue weighted by atomic mass is 10.0. The minimum atomic E-state index is -0.765. The normalized spacial score (nSPS) is 12.0. The van der Waals surface area contributed by atoms with Gasteiger partial charge in [-0.3, -0.25) is 4.79 Å². The van der Waals surface area contributed by atoms with Crippen LogP contribution < -0.4 is 10.1 Å². The van der Waals surface area contributed by atoms with E-state index in [1.807, 2.05) is 26.0 Å². The average Bonchev–Trinajstić information content (AvgIpc) is 3.10. The number of nitrogens with zero attached hydrogens (tertiary/aromatic N) is 1. The summed E-state index contributed by atoms with van der Waals surface area (Å²) in [5.74, 6) is -0.148. The van der Waals surface area contributed by atoms with Gasteiger partial charge < -0.3 is 19.3 Å². The molecule has 0 saturated carbocycles. The summed E-state index contributed by atoms with van der Waals surface area (Å²) in [7, 11) is 1.27. The molecule has 0 aliphatic heterocycles. The Labute approximate surface area is 163 Å². The van der Waals surface area contributed by atoms with Crippen molar-refractivity contribution in [2.75, 3.05) is 7.11 Å². The summed E-state index contributed by atoms with van der Waals surface area (Å²) >= 11 is 6.14. The summed E-state index contributed by atoms with van der Waals surface area (Å²) in [6, 6.07) is 4.35. The van der Waals surface area contributed by atoms with Crippen molar-refractivity contribution in [3.8, 4) is 5.75 Å². The van der Waals surface area contributed by atoms with Gasteiger partial charge in [0.2, 0.25) is 0 Å². The van der Waals surface area contributed by atoms with Gasteiger partial charge in [-0.05, 0) is 43.0 Å². The minimum absolute atomic E-state index is 0.0617. The molecule has 7 nitrogen and oxygen atoms in total. The lowest BCUT2D eigenvalue weighted by Crippen LogP contribution is -2.45. The minimum Gasteiger partial charge on any atom is -0.486 e. The van der Waals surface area contributed by atoms with Crippen LogP contribution in [0.1, 0.15) is 41.2 Å². The first-order chi connectivity index (χ1) is 12.7. The van der Waals surface area contributed by atoms with Gasteiger partial charge in [-0.25, -0.2) is 4.79 Å². The lowest BCUT2D eigenvalue weighted by molar-refractivity contribution is -0.144. The summed E-state index contributed by atoms with van der Waals surface area (Å²) in [5, 5.41) is 7.04. The molecule has 1 amide bonds. The largest absolute Gasteiger partial charge is 0.486 e. The molecule has 0 aliphatic rings. The number of halogens is 1. The Kier molecular flexibility index (Phi) is 6.85. The molecule has 27 heavy (non-hydrogen) atoms. The highest BCUT2D eigenvalue weighted by Gasteiger charge is 2.26. The van der Waals surface area contributed by atoms with Crippen LogP contribution in [0.25, 0.3) is 0 Å². The van der Waals surface area contributed by atoms with Crippen LogP contribution in [0.4, 0.5) is 0 Å². The van der Waals surface area contributed by atoms with Crippen LogP contribution in [0.2, 0.25) is 5.02 Å². The third-order valence-corrected chi connectivity index (χ3v) is 4.59. The van der Waals surface area contributed by atoms with Crippen molar-refractivity contribution in [3.05, 3.63) is 45.8 Å². The molecule has 0 aliphatic carbocycles. The number of carbonyl (C=O) groups is 2. The Morgan fingerprint density at radius 2 is 1.85 bits per heavy atom. The summed E-state index contributed by atoms with van der Waals surface area (Å²) in [4.78, 5) is 24.1. The van der Waals surface area contributed by atoms with E-state index < -0.39 is 17.9 Å². The third kappa shape index (κ3) is 5.23. The molecular weight excluding hydrogens is 372 g/mol. The van der Waals surface area contributed by atoms with E-state index in [1.54, 1.807) is 13.8 Å². The van der Waals surface area contributed by atoms with Crippen molar-refractivity contribution in [2.45, 2.75) is 40.3 Å². The molecule has 2 aromatic rings. The highest BCUT2D eigenvalue weighted by molar-refractivity contribution is 6.32. The standard InChI is InChI=1S/C19H23ClN2O5/c1-10(2)17(19(24)25-5)21-18(23)15-8-14(27-22-15)9-26-13-6-11(3)16(20)12(4)7-13/h6-8,10,17H,9H2,1-5H3,(H,21,23). The maximum Gasteiger partial charge on any atom is 0.328 e. The molecule has 8 heteroatoms. The van der Waals surface area contributed by atoms with Crippen LogP contribution in [-0.2, 0) is 16.1 Å². The average molecular weight is 395 g/mol. The molecule has 0 bridgehead atoms. The van der Waals surface area contributed by atoms with Crippen molar-refractivity contribution in [3.63, 3.8) is 0 Å². The van der Waals surface area contributed by atoms with E-state index in [0.29, 0.717) is 16.5 Å². The maximum atomic E-state index is 12.3. The summed E-state index contributed by atoms with van der Waals surface area (Å²) in [6.07, 6.45) is 0. The lowest BCUT2D eigenvalue weighted by Gasteiger charge is -2.18. The fraction of sp³-hybridized carbons (Fsp3) is 0.421. The number of ether oxygens (including phenoxy) is 2. The number of nitrogens with one attached hydrogen (secondary N) is 1. The van der Waals surface area contributed by atoms with E-state index in [-0.39, 0.29) is 18.2 Å². The number of carbonyl (C=O) groups excluding carboxylic acids is 2. The van der Waals surface area contributed by atoms with Crippen molar-refractivity contribution < 1.29 is 23.6 Å². The molecule has 1 heterocycles. The van der Waals surface area contributed by atoms with Gasteiger partial charge in [-0.2, -0.15) is 0 Å². The van der Waals surface area contributed by atoms with Crippen molar-refractivity contribution in [1.82, 2.24) is 10.5 Å². The molecule has 2 rings (SSSR count). The summed E-state index contributed by atoms with van der Waals surface area (Å²) in [6.45, 7) is 7.50. The zero-order chi connectivity index (χ0) is 20.1. The number of aromatic nitrogens is 1. The molecule has 146 valence electrons.